The van der Waals surface area contributed by atoms with E-state index >= 15 is 0 Å². The number of nitrogens with zero attached hydrogens (tertiary/aromatic N) is 3. The zero-order valence-corrected chi connectivity index (χ0v) is 22.5. The fraction of sp³-hybridized carbons (Fsp3) is 0.613. The molecule has 5 aliphatic carbocycles. The maximum Gasteiger partial charge on any atom is 0.330 e. The molecule has 202 valence electrons. The Kier molecular flexibility index (Phi) is 6.87. The van der Waals surface area contributed by atoms with E-state index in [2.05, 4.69) is 10.1 Å². The number of esters is 1. The first kappa shape index (κ1) is 25.3. The summed E-state index contributed by atoms with van der Waals surface area (Å²) in [7, 11) is 1.38. The van der Waals surface area contributed by atoms with E-state index in [4.69, 9.17) is 14.2 Å². The number of aromatic nitrogens is 2. The second-order valence-electron chi connectivity index (χ2n) is 12.2. The molecule has 0 radical (unpaired) electrons. The van der Waals surface area contributed by atoms with E-state index in [-0.39, 0.29) is 28.6 Å². The van der Waals surface area contributed by atoms with Gasteiger partial charge in [0, 0.05) is 35.6 Å². The number of hydrogen-bond acceptors (Lipinski definition) is 6. The molecule has 7 heteroatoms. The lowest BCUT2D eigenvalue weighted by Crippen LogP contribution is -2.51. The van der Waals surface area contributed by atoms with E-state index in [9.17, 15) is 9.59 Å². The van der Waals surface area contributed by atoms with Crippen molar-refractivity contribution in [3.05, 3.63) is 47.6 Å². The monoisotopic (exact) mass is 517 g/mol. The molecule has 2 bridgehead atoms. The molecule has 0 N–H and O–H groups in total. The van der Waals surface area contributed by atoms with Crippen LogP contribution in [0.25, 0.3) is 6.08 Å². The molecule has 7 nitrogen and oxygen atoms in total. The summed E-state index contributed by atoms with van der Waals surface area (Å²) in [5.41, 5.74) is 1.94. The molecule has 1 heterocycles. The maximum absolute atomic E-state index is 14.0. The van der Waals surface area contributed by atoms with E-state index in [1.165, 1.54) is 32.4 Å². The number of carbonyl (C=O) groups excluding carboxylic acids is 2. The van der Waals surface area contributed by atoms with Gasteiger partial charge in [-0.25, -0.2) is 4.79 Å². The van der Waals surface area contributed by atoms with Gasteiger partial charge in [-0.05, 0) is 93.4 Å². The molecule has 5 aliphatic rings. The average Bonchev–Trinajstić information content (AvgIpc) is 3.71. The van der Waals surface area contributed by atoms with Gasteiger partial charge in [0.1, 0.15) is 0 Å². The number of fused-ring (bicyclic) bond motifs is 3. The standard InChI is InChI=1S/C31H39N3O4/c1-37-26(35)13-10-22-6-5-9-25(20-22)34(28(36)24-7-3-2-4-8-24)21-30-14-17-31(18-15-30,19-16-30)29-32-27(33-38-29)23-11-12-23/h5-6,9-10,13,20,23-24H,2-4,7-8,11-12,14-19,21H2,1H3/b13-10+. The zero-order chi connectivity index (χ0) is 26.2. The molecule has 0 atom stereocenters. The highest BCUT2D eigenvalue weighted by atomic mass is 16.5. The van der Waals surface area contributed by atoms with Crippen LogP contribution in [-0.4, -0.2) is 35.7 Å². The molecule has 0 aliphatic heterocycles. The van der Waals surface area contributed by atoms with Crippen molar-refractivity contribution in [2.45, 2.75) is 94.8 Å². The summed E-state index contributed by atoms with van der Waals surface area (Å²) in [5.74, 6) is 2.24. The molecule has 5 fully saturated rings. The smallest absolute Gasteiger partial charge is 0.330 e. The summed E-state index contributed by atoms with van der Waals surface area (Å²) in [4.78, 5) is 32.6. The van der Waals surface area contributed by atoms with Crippen molar-refractivity contribution in [1.82, 2.24) is 10.1 Å². The minimum absolute atomic E-state index is 0.0126. The summed E-state index contributed by atoms with van der Waals surface area (Å²) in [6, 6.07) is 8.01. The number of amides is 1. The van der Waals surface area contributed by atoms with Gasteiger partial charge in [0.25, 0.3) is 0 Å². The Bertz CT molecular complexity index is 1180. The highest BCUT2D eigenvalue weighted by Gasteiger charge is 2.53. The minimum atomic E-state index is -0.386. The Morgan fingerprint density at radius 3 is 2.47 bits per heavy atom. The van der Waals surface area contributed by atoms with Crippen molar-refractivity contribution >= 4 is 23.6 Å². The maximum atomic E-state index is 14.0. The normalized spacial score (nSPS) is 27.5. The van der Waals surface area contributed by atoms with E-state index in [0.29, 0.717) is 5.92 Å². The molecule has 0 saturated heterocycles. The molecule has 1 aromatic carbocycles. The summed E-state index contributed by atoms with van der Waals surface area (Å²) in [6.07, 6.45) is 17.4. The van der Waals surface area contributed by atoms with Gasteiger partial charge in [0.05, 0.1) is 7.11 Å². The molecule has 0 spiro atoms. The average molecular weight is 518 g/mol. The molecule has 38 heavy (non-hydrogen) atoms. The fourth-order valence-corrected chi connectivity index (χ4v) is 7.01. The first-order chi connectivity index (χ1) is 18.5. The second kappa shape index (κ2) is 10.3. The van der Waals surface area contributed by atoms with Crippen LogP contribution in [0.15, 0.2) is 34.9 Å². The van der Waals surface area contributed by atoms with Gasteiger partial charge < -0.3 is 14.2 Å². The minimum Gasteiger partial charge on any atom is -0.466 e. The van der Waals surface area contributed by atoms with E-state index in [1.54, 1.807) is 6.08 Å². The van der Waals surface area contributed by atoms with Crippen LogP contribution in [0.3, 0.4) is 0 Å². The topological polar surface area (TPSA) is 85.5 Å². The van der Waals surface area contributed by atoms with Crippen LogP contribution in [0, 0.1) is 11.3 Å². The number of rotatable bonds is 8. The van der Waals surface area contributed by atoms with Crippen LogP contribution in [0.1, 0.15) is 107 Å². The summed E-state index contributed by atoms with van der Waals surface area (Å²) in [6.45, 7) is 0.750. The largest absolute Gasteiger partial charge is 0.466 e. The van der Waals surface area contributed by atoms with Crippen molar-refractivity contribution in [3.63, 3.8) is 0 Å². The van der Waals surface area contributed by atoms with Gasteiger partial charge >= 0.3 is 5.97 Å². The molecule has 1 aromatic heterocycles. The quantitative estimate of drug-likeness (QED) is 0.300. The first-order valence-corrected chi connectivity index (χ1v) is 14.5. The van der Waals surface area contributed by atoms with Gasteiger partial charge in [-0.2, -0.15) is 4.98 Å². The molecule has 0 unspecified atom stereocenters. The number of hydrogen-bond donors (Lipinski definition) is 0. The molecule has 5 saturated carbocycles. The van der Waals surface area contributed by atoms with Crippen molar-refractivity contribution in [2.24, 2.45) is 11.3 Å². The van der Waals surface area contributed by atoms with Crippen molar-refractivity contribution < 1.29 is 18.8 Å². The molecule has 7 rings (SSSR count). The third-order valence-corrected chi connectivity index (χ3v) is 9.75. The Morgan fingerprint density at radius 2 is 1.79 bits per heavy atom. The molecular weight excluding hydrogens is 478 g/mol. The van der Waals surface area contributed by atoms with Crippen LogP contribution in [0.5, 0.6) is 0 Å². The van der Waals surface area contributed by atoms with E-state index < -0.39 is 0 Å². The van der Waals surface area contributed by atoms with Gasteiger partial charge in [0.2, 0.25) is 11.8 Å². The summed E-state index contributed by atoms with van der Waals surface area (Å²) < 4.78 is 10.6. The van der Waals surface area contributed by atoms with Crippen molar-refractivity contribution in [3.8, 4) is 0 Å². The first-order valence-electron chi connectivity index (χ1n) is 14.5. The Hall–Kier alpha value is -2.96. The number of ether oxygens (including phenoxy) is 1. The summed E-state index contributed by atoms with van der Waals surface area (Å²) >= 11 is 0. The number of methoxy groups -OCH3 is 1. The van der Waals surface area contributed by atoms with E-state index in [1.807, 2.05) is 24.3 Å². The number of anilines is 1. The lowest BCUT2D eigenvalue weighted by Gasteiger charge is -2.53. The lowest BCUT2D eigenvalue weighted by atomic mass is 9.53. The van der Waals surface area contributed by atoms with Crippen LogP contribution < -0.4 is 4.90 Å². The van der Waals surface area contributed by atoms with Crippen molar-refractivity contribution in [2.75, 3.05) is 18.6 Å². The lowest BCUT2D eigenvalue weighted by molar-refractivity contribution is -0.134. The van der Waals surface area contributed by atoms with Gasteiger partial charge in [-0.15, -0.1) is 0 Å². The zero-order valence-electron chi connectivity index (χ0n) is 22.5. The van der Waals surface area contributed by atoms with Crippen LogP contribution in [0.2, 0.25) is 0 Å². The van der Waals surface area contributed by atoms with Gasteiger partial charge in [-0.3, -0.25) is 4.79 Å². The SMILES string of the molecule is COC(=O)/C=C/c1cccc(N(CC23CCC(c4nc(C5CC5)no4)(CC2)CC3)C(=O)C2CCCCC2)c1. The highest BCUT2D eigenvalue weighted by Crippen LogP contribution is 2.58. The highest BCUT2D eigenvalue weighted by molar-refractivity contribution is 5.95. The Balaban J connectivity index is 1.23. The molecular formula is C31H39N3O4. The number of benzene rings is 1. The van der Waals surface area contributed by atoms with Gasteiger partial charge in [-0.1, -0.05) is 36.6 Å². The van der Waals surface area contributed by atoms with Crippen LogP contribution >= 0.6 is 0 Å². The third-order valence-electron chi connectivity index (χ3n) is 9.75. The van der Waals surface area contributed by atoms with Crippen molar-refractivity contribution in [1.29, 1.82) is 0 Å². The van der Waals surface area contributed by atoms with Gasteiger partial charge in [0.15, 0.2) is 5.82 Å². The second-order valence-corrected chi connectivity index (χ2v) is 12.2. The number of carbonyl (C=O) groups is 2. The van der Waals surface area contributed by atoms with E-state index in [0.717, 1.165) is 93.7 Å². The Labute approximate surface area is 225 Å². The molecule has 1 amide bonds. The third kappa shape index (κ3) is 5.04. The molecule has 2 aromatic rings. The predicted molar refractivity (Wildman–Crippen MR) is 145 cm³/mol. The summed E-state index contributed by atoms with van der Waals surface area (Å²) in [5, 5.41) is 4.31. The van der Waals surface area contributed by atoms with Crippen LogP contribution in [-0.2, 0) is 19.7 Å². The Morgan fingerprint density at radius 1 is 1.05 bits per heavy atom. The predicted octanol–water partition coefficient (Wildman–Crippen LogP) is 6.34. The van der Waals surface area contributed by atoms with Crippen LogP contribution in [0.4, 0.5) is 5.69 Å². The fourth-order valence-electron chi connectivity index (χ4n) is 7.01.